The van der Waals surface area contributed by atoms with Crippen LogP contribution in [0.3, 0.4) is 0 Å². The van der Waals surface area contributed by atoms with Gasteiger partial charge in [-0.1, -0.05) is 85.8 Å². The molecule has 0 aliphatic heterocycles. The van der Waals surface area contributed by atoms with Crippen LogP contribution in [0.5, 0.6) is 0 Å². The monoisotopic (exact) mass is 945 g/mol. The first-order chi connectivity index (χ1) is 25.4. The molecule has 273 valence electrons. The zero-order valence-corrected chi connectivity index (χ0v) is 36.6. The van der Waals surface area contributed by atoms with Crippen molar-refractivity contribution in [2.24, 2.45) is 5.41 Å². The molecule has 0 spiro atoms. The van der Waals surface area contributed by atoms with E-state index in [1.165, 1.54) is 32.2 Å². The van der Waals surface area contributed by atoms with Crippen molar-refractivity contribution in [2.45, 2.75) is 51.4 Å². The van der Waals surface area contributed by atoms with E-state index in [2.05, 4.69) is 171 Å². The van der Waals surface area contributed by atoms with Crippen molar-refractivity contribution in [3.8, 4) is 44.8 Å². The third-order valence-electron chi connectivity index (χ3n) is 9.46. The van der Waals surface area contributed by atoms with Gasteiger partial charge in [0.25, 0.3) is 0 Å². The second-order valence-electron chi connectivity index (χ2n) is 16.1. The van der Waals surface area contributed by atoms with Crippen LogP contribution in [0.2, 0.25) is 17.3 Å². The number of aromatic nitrogens is 2. The van der Waals surface area contributed by atoms with Gasteiger partial charge in [0.1, 0.15) is 5.58 Å². The number of aryl methyl sites for hydroxylation is 1. The standard InChI is InChI=1S/C28H24NO.C21H22GeN.Ir/c1-28(2,3)18-19-14-15-29-25(16-19)24-11-7-10-23-22-13-12-21(17-26(22)30-27(23)24)20-8-5-4-6-9-20;1-16-13-21(23-15-20(16)22(2,3)4)19-12-8-11-18(14-19)17-9-6-5-7-10-17;/h4-10,12-17H,18H2,1-3H3;5-11,13-15H,1-4H3;/q2*-1;. The molecule has 0 N–H and O–H groups in total. The van der Waals surface area contributed by atoms with Crippen LogP contribution in [0, 0.1) is 24.5 Å². The van der Waals surface area contributed by atoms with Gasteiger partial charge in [0.15, 0.2) is 0 Å². The van der Waals surface area contributed by atoms with E-state index in [1.54, 1.807) is 0 Å². The summed E-state index contributed by atoms with van der Waals surface area (Å²) >= 11 is -1.85. The molecule has 0 saturated heterocycles. The average Bonchev–Trinajstić information content (AvgIpc) is 3.53. The van der Waals surface area contributed by atoms with Crippen LogP contribution in [0.4, 0.5) is 0 Å². The van der Waals surface area contributed by atoms with Crippen molar-refractivity contribution in [3.63, 3.8) is 0 Å². The zero-order chi connectivity index (χ0) is 37.2. The minimum Gasteiger partial charge on any atom is 0 e. The molecule has 3 aromatic heterocycles. The number of pyridine rings is 2. The Kier molecular flexibility index (Phi) is 11.9. The number of benzene rings is 5. The SMILES string of the molecule is CC(C)(C)Cc1ccnc(-c2[c-]ccc3c2oc2cc(-c4ccccc4)ccc23)c1.Cc1cc(-c2[c-]ccc(-c3ccccc3)c2)nc[c]1[Ge]([CH3])([CH3])[CH3].[Ir]. The molecule has 0 atom stereocenters. The van der Waals surface area contributed by atoms with E-state index in [0.29, 0.717) is 0 Å². The van der Waals surface area contributed by atoms with E-state index in [-0.39, 0.29) is 25.5 Å². The van der Waals surface area contributed by atoms with Gasteiger partial charge in [-0.3, -0.25) is 0 Å². The largest absolute Gasteiger partial charge is 0 e. The van der Waals surface area contributed by atoms with Gasteiger partial charge in [0.05, 0.1) is 5.58 Å². The summed E-state index contributed by atoms with van der Waals surface area (Å²) in [5, 5.41) is 2.21. The molecule has 0 unspecified atom stereocenters. The van der Waals surface area contributed by atoms with Gasteiger partial charge in [-0.2, -0.15) is 0 Å². The molecular formula is C49H46GeIrN2O-2. The molecule has 0 bridgehead atoms. The summed E-state index contributed by atoms with van der Waals surface area (Å²) in [6.07, 6.45) is 4.98. The van der Waals surface area contributed by atoms with E-state index >= 15 is 0 Å². The Morgan fingerprint density at radius 1 is 0.648 bits per heavy atom. The number of rotatable bonds is 6. The van der Waals surface area contributed by atoms with E-state index in [9.17, 15) is 0 Å². The van der Waals surface area contributed by atoms with E-state index in [1.807, 2.05) is 30.5 Å². The van der Waals surface area contributed by atoms with Crippen LogP contribution in [-0.2, 0) is 26.5 Å². The Labute approximate surface area is 336 Å². The van der Waals surface area contributed by atoms with Gasteiger partial charge in [-0.25, -0.2) is 0 Å². The molecule has 0 aliphatic rings. The van der Waals surface area contributed by atoms with Gasteiger partial charge < -0.3 is 9.40 Å². The summed E-state index contributed by atoms with van der Waals surface area (Å²) in [6.45, 7) is 8.97. The fourth-order valence-corrected chi connectivity index (χ4v) is 10.6. The van der Waals surface area contributed by atoms with Gasteiger partial charge >= 0.3 is 142 Å². The van der Waals surface area contributed by atoms with E-state index in [0.717, 1.165) is 56.4 Å². The Morgan fingerprint density at radius 2 is 1.31 bits per heavy atom. The van der Waals surface area contributed by atoms with Gasteiger partial charge in [-0.05, 0) is 40.8 Å². The molecule has 54 heavy (non-hydrogen) atoms. The smallest absolute Gasteiger partial charge is 0 e. The van der Waals surface area contributed by atoms with Crippen LogP contribution in [-0.4, -0.2) is 23.2 Å². The zero-order valence-electron chi connectivity index (χ0n) is 32.1. The molecule has 0 aliphatic carbocycles. The van der Waals surface area contributed by atoms with E-state index in [4.69, 9.17) is 9.40 Å². The molecule has 0 fully saturated rings. The molecule has 5 aromatic carbocycles. The minimum atomic E-state index is -1.85. The second-order valence-corrected chi connectivity index (χ2v) is 26.6. The van der Waals surface area contributed by atoms with Gasteiger partial charge in [-0.15, -0.1) is 18.2 Å². The molecule has 0 amide bonds. The van der Waals surface area contributed by atoms with Gasteiger partial charge in [0, 0.05) is 31.7 Å². The second kappa shape index (κ2) is 16.4. The molecule has 3 nitrogen and oxygen atoms in total. The van der Waals surface area contributed by atoms with Crippen molar-refractivity contribution in [2.75, 3.05) is 0 Å². The van der Waals surface area contributed by atoms with Crippen LogP contribution in [0.1, 0.15) is 31.9 Å². The molecule has 8 aromatic rings. The summed E-state index contributed by atoms with van der Waals surface area (Å²) < 4.78 is 7.85. The van der Waals surface area contributed by atoms with Crippen LogP contribution >= 0.6 is 0 Å². The van der Waals surface area contributed by atoms with Crippen LogP contribution < -0.4 is 4.40 Å². The Bertz CT molecular complexity index is 2510. The Hall–Kier alpha value is -4.61. The molecule has 5 heteroatoms. The number of furan rings is 1. The predicted octanol–water partition coefficient (Wildman–Crippen LogP) is 12.8. The third-order valence-corrected chi connectivity index (χ3v) is 13.9. The summed E-state index contributed by atoms with van der Waals surface area (Å²) in [7, 11) is 0. The number of hydrogen-bond acceptors (Lipinski definition) is 3. The Morgan fingerprint density at radius 3 is 1.96 bits per heavy atom. The van der Waals surface area contributed by atoms with Crippen molar-refractivity contribution >= 4 is 39.6 Å². The normalized spacial score (nSPS) is 11.5. The molecule has 1 radical (unpaired) electrons. The fraction of sp³-hybridized carbons (Fsp3) is 0.184. The quantitative estimate of drug-likeness (QED) is 0.123. The molecule has 8 rings (SSSR count). The maximum Gasteiger partial charge on any atom is 0 e. The minimum absolute atomic E-state index is 0. The van der Waals surface area contributed by atoms with Crippen molar-refractivity contribution in [1.82, 2.24) is 9.97 Å². The summed E-state index contributed by atoms with van der Waals surface area (Å²) in [4.78, 5) is 9.36. The maximum atomic E-state index is 6.37. The first-order valence-electron chi connectivity index (χ1n) is 18.4. The average molecular weight is 944 g/mol. The summed E-state index contributed by atoms with van der Waals surface area (Å²) in [6, 6.07) is 50.8. The maximum absolute atomic E-state index is 6.37. The van der Waals surface area contributed by atoms with E-state index < -0.39 is 13.3 Å². The molecule has 0 saturated carbocycles. The first kappa shape index (κ1) is 39.1. The van der Waals surface area contributed by atoms with Crippen molar-refractivity contribution < 1.29 is 24.5 Å². The molecular weight excluding hydrogens is 897 g/mol. The number of hydrogen-bond donors (Lipinski definition) is 0. The third kappa shape index (κ3) is 9.01. The fourth-order valence-electron chi connectivity index (χ4n) is 6.99. The topological polar surface area (TPSA) is 38.9 Å². The van der Waals surface area contributed by atoms with Gasteiger partial charge in [0.2, 0.25) is 0 Å². The van der Waals surface area contributed by atoms with Crippen molar-refractivity contribution in [1.29, 1.82) is 0 Å². The Balaban J connectivity index is 0.000000187. The van der Waals surface area contributed by atoms with Crippen LogP contribution in [0.25, 0.3) is 66.7 Å². The number of nitrogens with zero attached hydrogens (tertiary/aromatic N) is 2. The van der Waals surface area contributed by atoms with Crippen LogP contribution in [0.15, 0.2) is 144 Å². The molecule has 3 heterocycles. The summed E-state index contributed by atoms with van der Waals surface area (Å²) in [5.41, 5.74) is 13.3. The summed E-state index contributed by atoms with van der Waals surface area (Å²) in [5.74, 6) is 7.23. The predicted molar refractivity (Wildman–Crippen MR) is 226 cm³/mol. The first-order valence-corrected chi connectivity index (χ1v) is 25.7. The number of fused-ring (bicyclic) bond motifs is 3. The van der Waals surface area contributed by atoms with Crippen molar-refractivity contribution in [3.05, 3.63) is 163 Å².